The summed E-state index contributed by atoms with van der Waals surface area (Å²) in [7, 11) is 0. The third-order valence-electron chi connectivity index (χ3n) is 7.57. The van der Waals surface area contributed by atoms with Crippen LogP contribution >= 0.6 is 0 Å². The Balaban J connectivity index is 1.44. The van der Waals surface area contributed by atoms with Gasteiger partial charge in [0.1, 0.15) is 0 Å². The topological polar surface area (TPSA) is 37.3 Å². The molecule has 0 fully saturated rings. The Morgan fingerprint density at radius 1 is 0.886 bits per heavy atom. The second-order valence-electron chi connectivity index (χ2n) is 9.64. The number of hydrogen-bond donors (Lipinski definition) is 1. The van der Waals surface area contributed by atoms with Gasteiger partial charge in [-0.3, -0.25) is 0 Å². The van der Waals surface area contributed by atoms with E-state index in [9.17, 15) is 4.79 Å². The smallest absolute Gasteiger partial charge is 0.318 e. The third-order valence-corrected chi connectivity index (χ3v) is 7.57. The lowest BCUT2D eigenvalue weighted by Crippen LogP contribution is -2.38. The van der Waals surface area contributed by atoms with Gasteiger partial charge < -0.3 is 14.8 Å². The summed E-state index contributed by atoms with van der Waals surface area (Å²) in [4.78, 5) is 16.1. The SMILES string of the molecule is CCc1ccc(C2c3cccn3-c3ccccc3CN2C(=O)Nc2cccc3c2CCCC3)cc1. The fraction of sp³-hybridized carbons (Fsp3) is 0.258. The number of hydrogen-bond acceptors (Lipinski definition) is 1. The maximum atomic E-state index is 14.1. The van der Waals surface area contributed by atoms with Crippen LogP contribution in [0.2, 0.25) is 0 Å². The molecule has 35 heavy (non-hydrogen) atoms. The Morgan fingerprint density at radius 3 is 2.54 bits per heavy atom. The summed E-state index contributed by atoms with van der Waals surface area (Å²) in [6, 6.07) is 27.4. The van der Waals surface area contributed by atoms with Crippen molar-refractivity contribution in [2.24, 2.45) is 0 Å². The molecule has 0 radical (unpaired) electrons. The molecule has 176 valence electrons. The standard InChI is InChI=1S/C31H31N3O/c1-2-22-16-18-24(19-17-22)30-29-15-8-20-33(29)28-14-6-4-10-25(28)21-34(30)31(35)32-27-13-7-11-23-9-3-5-12-26(23)27/h4,6-8,10-11,13-20,30H,2-3,5,9,12,21H2,1H3,(H,32,35). The van der Waals surface area contributed by atoms with Crippen LogP contribution in [0.15, 0.2) is 85.1 Å². The minimum absolute atomic E-state index is 0.0574. The van der Waals surface area contributed by atoms with E-state index in [1.54, 1.807) is 0 Å². The summed E-state index contributed by atoms with van der Waals surface area (Å²) in [6.07, 6.45) is 7.62. The number of urea groups is 1. The second-order valence-corrected chi connectivity index (χ2v) is 9.64. The molecule has 4 heteroatoms. The summed E-state index contributed by atoms with van der Waals surface area (Å²) >= 11 is 0. The Morgan fingerprint density at radius 2 is 1.69 bits per heavy atom. The van der Waals surface area contributed by atoms with Crippen molar-refractivity contribution in [2.45, 2.75) is 51.6 Å². The van der Waals surface area contributed by atoms with Crippen LogP contribution in [-0.4, -0.2) is 15.5 Å². The van der Waals surface area contributed by atoms with Gasteiger partial charge in [-0.1, -0.05) is 61.5 Å². The minimum Gasteiger partial charge on any atom is -0.318 e. The number of aromatic nitrogens is 1. The van der Waals surface area contributed by atoms with E-state index < -0.39 is 0 Å². The molecule has 6 rings (SSSR count). The molecular weight excluding hydrogens is 430 g/mol. The Kier molecular flexibility index (Phi) is 5.65. The molecule has 4 aromatic rings. The van der Waals surface area contributed by atoms with Gasteiger partial charge in [-0.15, -0.1) is 0 Å². The van der Waals surface area contributed by atoms with E-state index in [1.165, 1.54) is 29.5 Å². The molecule has 0 saturated heterocycles. The maximum Gasteiger partial charge on any atom is 0.322 e. The normalized spacial score (nSPS) is 16.6. The van der Waals surface area contributed by atoms with Gasteiger partial charge >= 0.3 is 6.03 Å². The summed E-state index contributed by atoms with van der Waals surface area (Å²) in [5.41, 5.74) is 9.43. The molecule has 0 bridgehead atoms. The lowest BCUT2D eigenvalue weighted by atomic mass is 9.90. The first kappa shape index (κ1) is 21.7. The van der Waals surface area contributed by atoms with Gasteiger partial charge in [0.15, 0.2) is 0 Å². The predicted octanol–water partition coefficient (Wildman–Crippen LogP) is 7.06. The number of aryl methyl sites for hydroxylation is 2. The molecule has 1 N–H and O–H groups in total. The predicted molar refractivity (Wildman–Crippen MR) is 141 cm³/mol. The molecule has 4 nitrogen and oxygen atoms in total. The van der Waals surface area contributed by atoms with Gasteiger partial charge in [-0.2, -0.15) is 0 Å². The van der Waals surface area contributed by atoms with Crippen molar-refractivity contribution in [2.75, 3.05) is 5.32 Å². The molecule has 1 aliphatic carbocycles. The minimum atomic E-state index is -0.192. The molecule has 2 amide bonds. The van der Waals surface area contributed by atoms with Crippen molar-refractivity contribution < 1.29 is 4.79 Å². The lowest BCUT2D eigenvalue weighted by Gasteiger charge is -2.31. The van der Waals surface area contributed by atoms with Crippen LogP contribution in [0, 0.1) is 0 Å². The van der Waals surface area contributed by atoms with Crippen molar-refractivity contribution in [3.8, 4) is 5.69 Å². The Hall–Kier alpha value is -3.79. The molecule has 2 aliphatic rings. The molecule has 0 spiro atoms. The number of nitrogens with zero attached hydrogens (tertiary/aromatic N) is 2. The molecule has 1 aliphatic heterocycles. The zero-order chi connectivity index (χ0) is 23.8. The van der Waals surface area contributed by atoms with Gasteiger partial charge in [0.2, 0.25) is 0 Å². The van der Waals surface area contributed by atoms with Crippen LogP contribution in [0.25, 0.3) is 5.69 Å². The lowest BCUT2D eigenvalue weighted by molar-refractivity contribution is 0.194. The zero-order valence-electron chi connectivity index (χ0n) is 20.2. The van der Waals surface area contributed by atoms with Gasteiger partial charge in [0.05, 0.1) is 18.3 Å². The summed E-state index contributed by atoms with van der Waals surface area (Å²) in [6.45, 7) is 2.71. The molecule has 0 saturated carbocycles. The van der Waals surface area contributed by atoms with Gasteiger partial charge in [0.25, 0.3) is 0 Å². The van der Waals surface area contributed by atoms with Crippen LogP contribution in [0.4, 0.5) is 10.5 Å². The van der Waals surface area contributed by atoms with Gasteiger partial charge in [0, 0.05) is 17.6 Å². The van der Waals surface area contributed by atoms with Crippen molar-refractivity contribution in [1.82, 2.24) is 9.47 Å². The van der Waals surface area contributed by atoms with Crippen LogP contribution < -0.4 is 5.32 Å². The quantitative estimate of drug-likeness (QED) is 0.348. The van der Waals surface area contributed by atoms with Gasteiger partial charge in [-0.25, -0.2) is 4.79 Å². The van der Waals surface area contributed by atoms with Crippen LogP contribution in [-0.2, 0) is 25.8 Å². The first-order valence-corrected chi connectivity index (χ1v) is 12.8. The number of amides is 2. The van der Waals surface area contributed by atoms with Crippen molar-refractivity contribution in [1.29, 1.82) is 0 Å². The number of rotatable bonds is 3. The number of nitrogens with one attached hydrogen (secondary N) is 1. The number of fused-ring (bicyclic) bond motifs is 4. The van der Waals surface area contributed by atoms with Crippen LogP contribution in [0.3, 0.4) is 0 Å². The van der Waals surface area contributed by atoms with Crippen molar-refractivity contribution in [3.05, 3.63) is 119 Å². The highest BCUT2D eigenvalue weighted by atomic mass is 16.2. The number of carbonyl (C=O) groups is 1. The van der Waals surface area contributed by atoms with E-state index in [1.807, 2.05) is 4.90 Å². The van der Waals surface area contributed by atoms with E-state index in [2.05, 4.69) is 102 Å². The van der Waals surface area contributed by atoms with Crippen LogP contribution in [0.1, 0.15) is 59.3 Å². The molecule has 1 aromatic heterocycles. The van der Waals surface area contributed by atoms with E-state index in [-0.39, 0.29) is 12.1 Å². The highest BCUT2D eigenvalue weighted by Gasteiger charge is 2.33. The number of carbonyl (C=O) groups excluding carboxylic acids is 1. The zero-order valence-corrected chi connectivity index (χ0v) is 20.2. The number of benzene rings is 3. The summed E-state index contributed by atoms with van der Waals surface area (Å²) < 4.78 is 2.24. The maximum absolute atomic E-state index is 14.1. The van der Waals surface area contributed by atoms with Gasteiger partial charge in [-0.05, 0) is 84.2 Å². The summed E-state index contributed by atoms with van der Waals surface area (Å²) in [5, 5.41) is 3.32. The molecule has 2 heterocycles. The fourth-order valence-corrected chi connectivity index (χ4v) is 5.71. The largest absolute Gasteiger partial charge is 0.322 e. The molecule has 3 aromatic carbocycles. The average Bonchev–Trinajstić information content (AvgIpc) is 3.33. The van der Waals surface area contributed by atoms with E-state index in [4.69, 9.17) is 0 Å². The van der Waals surface area contributed by atoms with Crippen molar-refractivity contribution >= 4 is 11.7 Å². The third kappa shape index (κ3) is 3.93. The monoisotopic (exact) mass is 461 g/mol. The average molecular weight is 462 g/mol. The van der Waals surface area contributed by atoms with E-state index in [0.717, 1.165) is 47.5 Å². The highest BCUT2D eigenvalue weighted by molar-refractivity contribution is 5.91. The Bertz CT molecular complexity index is 1370. The fourth-order valence-electron chi connectivity index (χ4n) is 5.71. The van der Waals surface area contributed by atoms with Crippen molar-refractivity contribution in [3.63, 3.8) is 0 Å². The molecular formula is C31H31N3O. The van der Waals surface area contributed by atoms with Crippen LogP contribution in [0.5, 0.6) is 0 Å². The molecule has 1 atom stereocenters. The Labute approximate surface area is 207 Å². The number of anilines is 1. The molecule has 1 unspecified atom stereocenters. The van der Waals surface area contributed by atoms with E-state index in [0.29, 0.717) is 6.54 Å². The highest BCUT2D eigenvalue weighted by Crippen LogP contribution is 2.37. The number of para-hydroxylation sites is 1. The second kappa shape index (κ2) is 9.10. The first-order chi connectivity index (χ1) is 17.2. The first-order valence-electron chi connectivity index (χ1n) is 12.8. The summed E-state index contributed by atoms with van der Waals surface area (Å²) in [5.74, 6) is 0. The van der Waals surface area contributed by atoms with E-state index >= 15 is 0 Å².